The van der Waals surface area contributed by atoms with Gasteiger partial charge in [-0.15, -0.1) is 11.8 Å². The first-order chi connectivity index (χ1) is 12.4. The molecule has 138 valence electrons. The molecule has 5 nitrogen and oxygen atoms in total. The maximum absolute atomic E-state index is 11.8. The van der Waals surface area contributed by atoms with Gasteiger partial charge < -0.3 is 5.32 Å². The van der Waals surface area contributed by atoms with Crippen molar-refractivity contribution in [3.63, 3.8) is 0 Å². The van der Waals surface area contributed by atoms with Crippen LogP contribution in [0.15, 0.2) is 64.4 Å². The van der Waals surface area contributed by atoms with Crippen LogP contribution in [0.25, 0.3) is 6.08 Å². The van der Waals surface area contributed by atoms with Gasteiger partial charge in [0.15, 0.2) is 0 Å². The average molecular weight is 391 g/mol. The van der Waals surface area contributed by atoms with Gasteiger partial charge in [0.1, 0.15) is 0 Å². The van der Waals surface area contributed by atoms with E-state index in [0.717, 1.165) is 11.3 Å². The van der Waals surface area contributed by atoms with Gasteiger partial charge in [-0.3, -0.25) is 4.79 Å². The molecule has 7 heteroatoms. The third kappa shape index (κ3) is 6.33. The molecule has 0 aliphatic heterocycles. The number of carbonyl (C=O) groups is 1. The zero-order chi connectivity index (χ0) is 19.0. The molecule has 0 atom stereocenters. The van der Waals surface area contributed by atoms with E-state index in [1.54, 1.807) is 30.0 Å². The molecule has 0 bridgehead atoms. The van der Waals surface area contributed by atoms with Crippen molar-refractivity contribution in [3.8, 4) is 0 Å². The topological polar surface area (TPSA) is 75.3 Å². The van der Waals surface area contributed by atoms with Crippen molar-refractivity contribution >= 4 is 33.8 Å². The maximum Gasteiger partial charge on any atom is 0.244 e. The second kappa shape index (κ2) is 9.56. The van der Waals surface area contributed by atoms with Crippen LogP contribution in [-0.2, 0) is 14.8 Å². The van der Waals surface area contributed by atoms with Crippen molar-refractivity contribution in [2.75, 3.05) is 19.3 Å². The monoisotopic (exact) mass is 390 g/mol. The fourth-order valence-corrected chi connectivity index (χ4v) is 3.58. The Morgan fingerprint density at radius 2 is 1.73 bits per heavy atom. The van der Waals surface area contributed by atoms with Gasteiger partial charge in [-0.2, -0.15) is 0 Å². The van der Waals surface area contributed by atoms with Crippen LogP contribution in [0.1, 0.15) is 11.1 Å². The Labute approximate surface area is 158 Å². The largest absolute Gasteiger partial charge is 0.352 e. The Balaban J connectivity index is 1.77. The summed E-state index contributed by atoms with van der Waals surface area (Å²) in [5.41, 5.74) is 1.98. The lowest BCUT2D eigenvalue weighted by Gasteiger charge is -2.04. The second-order valence-electron chi connectivity index (χ2n) is 5.56. The fraction of sp³-hybridized carbons (Fsp3) is 0.211. The molecule has 0 heterocycles. The highest BCUT2D eigenvalue weighted by Crippen LogP contribution is 2.17. The summed E-state index contributed by atoms with van der Waals surface area (Å²) in [6, 6.07) is 14.6. The molecule has 0 aliphatic carbocycles. The first-order valence-electron chi connectivity index (χ1n) is 8.10. The zero-order valence-corrected chi connectivity index (χ0v) is 16.4. The first kappa shape index (κ1) is 20.2. The third-order valence-electron chi connectivity index (χ3n) is 3.58. The van der Waals surface area contributed by atoms with Crippen LogP contribution in [-0.4, -0.2) is 33.7 Å². The van der Waals surface area contributed by atoms with Gasteiger partial charge in [-0.25, -0.2) is 13.1 Å². The molecule has 2 rings (SSSR count). The smallest absolute Gasteiger partial charge is 0.244 e. The molecule has 2 aromatic rings. The van der Waals surface area contributed by atoms with Crippen LogP contribution in [0.3, 0.4) is 0 Å². The van der Waals surface area contributed by atoms with Gasteiger partial charge >= 0.3 is 0 Å². The van der Waals surface area contributed by atoms with Gasteiger partial charge in [0, 0.05) is 23.3 Å². The van der Waals surface area contributed by atoms with Crippen LogP contribution in [0.5, 0.6) is 0 Å². The predicted octanol–water partition coefficient (Wildman–Crippen LogP) is 2.82. The highest BCUT2D eigenvalue weighted by atomic mass is 32.2. The molecule has 0 saturated carbocycles. The number of rotatable bonds is 8. The quantitative estimate of drug-likeness (QED) is 0.413. The molecule has 26 heavy (non-hydrogen) atoms. The van der Waals surface area contributed by atoms with Crippen LogP contribution in [0.4, 0.5) is 0 Å². The van der Waals surface area contributed by atoms with Crippen molar-refractivity contribution in [1.29, 1.82) is 0 Å². The maximum atomic E-state index is 11.8. The van der Waals surface area contributed by atoms with Crippen molar-refractivity contribution in [2.45, 2.75) is 16.7 Å². The Hall–Kier alpha value is -2.09. The van der Waals surface area contributed by atoms with Crippen molar-refractivity contribution in [1.82, 2.24) is 10.0 Å². The summed E-state index contributed by atoms with van der Waals surface area (Å²) < 4.78 is 25.6. The first-order valence-corrected chi connectivity index (χ1v) is 10.6. The summed E-state index contributed by atoms with van der Waals surface area (Å²) in [4.78, 5) is 13.2. The molecule has 1 amide bonds. The Morgan fingerprint density at radius 3 is 2.35 bits per heavy atom. The minimum atomic E-state index is -3.44. The standard InChI is InChI=1S/C19H22N2O3S2/c1-15-3-8-17(9-4-15)25-14-13-21-19(22)12-7-16-5-10-18(11-6-16)26(23,24)20-2/h3-12,20H,13-14H2,1-2H3,(H,21,22)/b12-7+. The zero-order valence-electron chi connectivity index (χ0n) is 14.7. The number of hydrogen-bond acceptors (Lipinski definition) is 4. The Bertz CT molecular complexity index is 859. The van der Waals surface area contributed by atoms with E-state index in [2.05, 4.69) is 34.3 Å². The van der Waals surface area contributed by atoms with Gasteiger partial charge in [0.25, 0.3) is 0 Å². The molecular formula is C19H22N2O3S2. The summed E-state index contributed by atoms with van der Waals surface area (Å²) in [6.07, 6.45) is 3.09. The number of thioether (sulfide) groups is 1. The number of nitrogens with one attached hydrogen (secondary N) is 2. The van der Waals surface area contributed by atoms with E-state index in [1.807, 2.05) is 6.92 Å². The second-order valence-corrected chi connectivity index (χ2v) is 8.62. The van der Waals surface area contributed by atoms with Crippen molar-refractivity contribution in [3.05, 3.63) is 65.7 Å². The van der Waals surface area contributed by atoms with E-state index < -0.39 is 10.0 Å². The highest BCUT2D eigenvalue weighted by molar-refractivity contribution is 7.99. The number of sulfonamides is 1. The number of aryl methyl sites for hydroxylation is 1. The molecular weight excluding hydrogens is 368 g/mol. The van der Waals surface area contributed by atoms with Crippen LogP contribution < -0.4 is 10.0 Å². The summed E-state index contributed by atoms with van der Waals surface area (Å²) in [6.45, 7) is 2.62. The van der Waals surface area contributed by atoms with E-state index in [4.69, 9.17) is 0 Å². The Morgan fingerprint density at radius 1 is 1.08 bits per heavy atom. The molecule has 0 aliphatic rings. The molecule has 0 spiro atoms. The van der Waals surface area contributed by atoms with Crippen LogP contribution in [0, 0.1) is 6.92 Å². The number of amides is 1. The lowest BCUT2D eigenvalue weighted by molar-refractivity contribution is -0.116. The van der Waals surface area contributed by atoms with Crippen LogP contribution >= 0.6 is 11.8 Å². The number of carbonyl (C=O) groups excluding carboxylic acids is 1. The molecule has 0 aromatic heterocycles. The molecule has 2 aromatic carbocycles. The lowest BCUT2D eigenvalue weighted by Crippen LogP contribution is -2.23. The minimum absolute atomic E-state index is 0.179. The Kier molecular flexibility index (Phi) is 7.44. The molecule has 2 N–H and O–H groups in total. The van der Waals surface area contributed by atoms with Gasteiger partial charge in [0.2, 0.25) is 15.9 Å². The van der Waals surface area contributed by atoms with Gasteiger partial charge in [0.05, 0.1) is 4.90 Å². The van der Waals surface area contributed by atoms with E-state index in [9.17, 15) is 13.2 Å². The summed E-state index contributed by atoms with van der Waals surface area (Å²) in [7, 11) is -2.08. The van der Waals surface area contributed by atoms with E-state index in [1.165, 1.54) is 35.7 Å². The normalized spacial score (nSPS) is 11.6. The predicted molar refractivity (Wildman–Crippen MR) is 107 cm³/mol. The summed E-state index contributed by atoms with van der Waals surface area (Å²) >= 11 is 1.69. The lowest BCUT2D eigenvalue weighted by atomic mass is 10.2. The van der Waals surface area contributed by atoms with Crippen molar-refractivity contribution in [2.24, 2.45) is 0 Å². The van der Waals surface area contributed by atoms with Gasteiger partial charge in [-0.1, -0.05) is 29.8 Å². The number of benzene rings is 2. The molecule has 0 fully saturated rings. The molecule has 0 radical (unpaired) electrons. The molecule has 0 saturated heterocycles. The SMILES string of the molecule is CNS(=O)(=O)c1ccc(/C=C/C(=O)NCCSc2ccc(C)cc2)cc1. The molecule has 0 unspecified atom stereocenters. The highest BCUT2D eigenvalue weighted by Gasteiger charge is 2.09. The number of hydrogen-bond donors (Lipinski definition) is 2. The fourth-order valence-electron chi connectivity index (χ4n) is 2.08. The van der Waals surface area contributed by atoms with Crippen LogP contribution in [0.2, 0.25) is 0 Å². The summed E-state index contributed by atoms with van der Waals surface area (Å²) in [5.74, 6) is 0.612. The van der Waals surface area contributed by atoms with Crippen molar-refractivity contribution < 1.29 is 13.2 Å². The van der Waals surface area contributed by atoms with Gasteiger partial charge in [-0.05, 0) is 49.9 Å². The summed E-state index contributed by atoms with van der Waals surface area (Å²) in [5, 5.41) is 2.83. The van der Waals surface area contributed by atoms with E-state index >= 15 is 0 Å². The van der Waals surface area contributed by atoms with E-state index in [-0.39, 0.29) is 10.8 Å². The average Bonchev–Trinajstić information content (AvgIpc) is 2.65. The minimum Gasteiger partial charge on any atom is -0.352 e. The third-order valence-corrected chi connectivity index (χ3v) is 6.02. The van der Waals surface area contributed by atoms with E-state index in [0.29, 0.717) is 6.54 Å².